The number of aliphatic carboxylic acids is 1. The number of carboxylic acid groups (broad SMARTS) is 1. The number of nitrogens with two attached hydrogens (primary N) is 1. The van der Waals surface area contributed by atoms with E-state index in [-0.39, 0.29) is 0 Å². The smallest absolute Gasteiger partial charge is 0.331 e. The van der Waals surface area contributed by atoms with Gasteiger partial charge in [-0.05, 0) is 38.5 Å². The molecule has 3 N–H and O–H groups in total. The van der Waals surface area contributed by atoms with Crippen molar-refractivity contribution in [3.63, 3.8) is 0 Å². The minimum absolute atomic E-state index is 0.332. The first-order valence-corrected chi connectivity index (χ1v) is 6.47. The first-order chi connectivity index (χ1) is 9.58. The molecule has 0 aromatic heterocycles. The normalized spacial score (nSPS) is 14.1. The van der Waals surface area contributed by atoms with Gasteiger partial charge in [0.25, 0.3) is 0 Å². The summed E-state index contributed by atoms with van der Waals surface area (Å²) in [5.41, 5.74) is 3.88. The van der Waals surface area contributed by atoms with Gasteiger partial charge in [0.05, 0.1) is 13.5 Å². The largest absolute Gasteiger partial charge is 0.497 e. The highest BCUT2D eigenvalue weighted by Gasteiger charge is 2.42. The molecule has 0 bridgehead atoms. The molecule has 1 atom stereocenters. The predicted octanol–water partition coefficient (Wildman–Crippen LogP) is 1.67. The van der Waals surface area contributed by atoms with Gasteiger partial charge in [-0.25, -0.2) is 4.79 Å². The SMILES string of the molecule is COc1cccc([C@@](N)(CC(=O)O)C(=O)OC(C)(C)C)c1. The lowest BCUT2D eigenvalue weighted by Gasteiger charge is -2.30. The number of hydrogen-bond acceptors (Lipinski definition) is 5. The molecule has 116 valence electrons. The van der Waals surface area contributed by atoms with E-state index in [0.29, 0.717) is 11.3 Å². The van der Waals surface area contributed by atoms with E-state index in [2.05, 4.69) is 0 Å². The van der Waals surface area contributed by atoms with Crippen molar-refractivity contribution in [2.75, 3.05) is 7.11 Å². The second kappa shape index (κ2) is 6.13. The number of carboxylic acids is 1. The van der Waals surface area contributed by atoms with Crippen molar-refractivity contribution in [3.05, 3.63) is 29.8 Å². The van der Waals surface area contributed by atoms with Crippen molar-refractivity contribution >= 4 is 11.9 Å². The van der Waals surface area contributed by atoms with Gasteiger partial charge in [-0.1, -0.05) is 12.1 Å². The predicted molar refractivity (Wildman–Crippen MR) is 77.0 cm³/mol. The molecule has 21 heavy (non-hydrogen) atoms. The molecule has 0 radical (unpaired) electrons. The van der Waals surface area contributed by atoms with Crippen LogP contribution in [0.15, 0.2) is 24.3 Å². The molecule has 0 aliphatic heterocycles. The molecule has 1 aromatic carbocycles. The van der Waals surface area contributed by atoms with E-state index in [0.717, 1.165) is 0 Å². The number of methoxy groups -OCH3 is 1. The van der Waals surface area contributed by atoms with Crippen LogP contribution in [0.5, 0.6) is 5.75 Å². The fourth-order valence-electron chi connectivity index (χ4n) is 1.80. The summed E-state index contributed by atoms with van der Waals surface area (Å²) >= 11 is 0. The van der Waals surface area contributed by atoms with E-state index in [1.807, 2.05) is 0 Å². The Labute approximate surface area is 123 Å². The minimum Gasteiger partial charge on any atom is -0.497 e. The molecule has 0 aliphatic carbocycles. The minimum atomic E-state index is -1.77. The maximum absolute atomic E-state index is 12.4. The van der Waals surface area contributed by atoms with Gasteiger partial charge >= 0.3 is 11.9 Å². The number of carbonyl (C=O) groups is 2. The lowest BCUT2D eigenvalue weighted by atomic mass is 9.87. The highest BCUT2D eigenvalue weighted by Crippen LogP contribution is 2.29. The van der Waals surface area contributed by atoms with Gasteiger partial charge in [0.15, 0.2) is 5.54 Å². The molecular formula is C15H21NO5. The molecule has 0 unspecified atom stereocenters. The van der Waals surface area contributed by atoms with Crippen molar-refractivity contribution in [2.24, 2.45) is 5.73 Å². The molecule has 6 nitrogen and oxygen atoms in total. The van der Waals surface area contributed by atoms with Crippen LogP contribution in [0.1, 0.15) is 32.8 Å². The molecule has 0 saturated carbocycles. The number of esters is 1. The van der Waals surface area contributed by atoms with Gasteiger partial charge in [-0.2, -0.15) is 0 Å². The third-order valence-electron chi connectivity index (χ3n) is 2.78. The molecule has 0 saturated heterocycles. The summed E-state index contributed by atoms with van der Waals surface area (Å²) in [6.45, 7) is 5.08. The zero-order valence-electron chi connectivity index (χ0n) is 12.7. The number of ether oxygens (including phenoxy) is 2. The van der Waals surface area contributed by atoms with Gasteiger partial charge in [-0.3, -0.25) is 4.79 Å². The fourth-order valence-corrected chi connectivity index (χ4v) is 1.80. The molecule has 0 fully saturated rings. The molecule has 0 aliphatic rings. The van der Waals surface area contributed by atoms with Crippen LogP contribution in [0.4, 0.5) is 0 Å². The molecule has 6 heteroatoms. The third kappa shape index (κ3) is 4.46. The zero-order valence-corrected chi connectivity index (χ0v) is 12.7. The van der Waals surface area contributed by atoms with E-state index in [4.69, 9.17) is 20.3 Å². The van der Waals surface area contributed by atoms with Crippen LogP contribution in [-0.4, -0.2) is 29.8 Å². The zero-order chi connectivity index (χ0) is 16.3. The van der Waals surface area contributed by atoms with Crippen molar-refractivity contribution in [3.8, 4) is 5.75 Å². The van der Waals surface area contributed by atoms with Crippen molar-refractivity contribution in [1.82, 2.24) is 0 Å². The number of carbonyl (C=O) groups excluding carboxylic acids is 1. The van der Waals surface area contributed by atoms with Crippen molar-refractivity contribution < 1.29 is 24.2 Å². The van der Waals surface area contributed by atoms with Gasteiger partial charge in [-0.15, -0.1) is 0 Å². The Balaban J connectivity index is 3.25. The summed E-state index contributed by atoms with van der Waals surface area (Å²) in [7, 11) is 1.47. The summed E-state index contributed by atoms with van der Waals surface area (Å²) in [5, 5.41) is 9.07. The molecule has 0 amide bonds. The van der Waals surface area contributed by atoms with Crippen LogP contribution in [0.3, 0.4) is 0 Å². The molecular weight excluding hydrogens is 274 g/mol. The van der Waals surface area contributed by atoms with Crippen LogP contribution in [0.2, 0.25) is 0 Å². The first kappa shape index (κ1) is 17.0. The van der Waals surface area contributed by atoms with Crippen molar-refractivity contribution in [2.45, 2.75) is 38.3 Å². The van der Waals surface area contributed by atoms with E-state index in [1.165, 1.54) is 13.2 Å². The Morgan fingerprint density at radius 3 is 2.38 bits per heavy atom. The van der Waals surface area contributed by atoms with Gasteiger partial charge in [0.2, 0.25) is 0 Å². The van der Waals surface area contributed by atoms with E-state index in [1.54, 1.807) is 39.0 Å². The van der Waals surface area contributed by atoms with Crippen LogP contribution in [0, 0.1) is 0 Å². The Bertz CT molecular complexity index is 535. The Morgan fingerprint density at radius 2 is 1.90 bits per heavy atom. The summed E-state index contributed by atoms with van der Waals surface area (Å²) in [6, 6.07) is 6.43. The average molecular weight is 295 g/mol. The third-order valence-corrected chi connectivity index (χ3v) is 2.78. The molecule has 1 aromatic rings. The monoisotopic (exact) mass is 295 g/mol. The van der Waals surface area contributed by atoms with Gasteiger partial charge in [0.1, 0.15) is 11.4 Å². The quantitative estimate of drug-likeness (QED) is 0.802. The first-order valence-electron chi connectivity index (χ1n) is 6.47. The van der Waals surface area contributed by atoms with Crippen molar-refractivity contribution in [1.29, 1.82) is 0 Å². The van der Waals surface area contributed by atoms with E-state index >= 15 is 0 Å². The van der Waals surface area contributed by atoms with E-state index < -0.39 is 29.5 Å². The maximum atomic E-state index is 12.4. The summed E-state index contributed by atoms with van der Waals surface area (Å²) in [6.07, 6.45) is -0.574. The topological polar surface area (TPSA) is 98.9 Å². The Hall–Kier alpha value is -2.08. The Kier molecular flexibility index (Phi) is 4.96. The lowest BCUT2D eigenvalue weighted by Crippen LogP contribution is -2.49. The lowest BCUT2D eigenvalue weighted by molar-refractivity contribution is -0.165. The van der Waals surface area contributed by atoms with Gasteiger partial charge < -0.3 is 20.3 Å². The summed E-state index contributed by atoms with van der Waals surface area (Å²) in [4.78, 5) is 23.5. The molecule has 0 spiro atoms. The number of benzene rings is 1. The molecule has 0 heterocycles. The van der Waals surface area contributed by atoms with E-state index in [9.17, 15) is 9.59 Å². The van der Waals surface area contributed by atoms with Crippen LogP contribution in [-0.2, 0) is 19.9 Å². The molecule has 1 rings (SSSR count). The Morgan fingerprint density at radius 1 is 1.29 bits per heavy atom. The van der Waals surface area contributed by atoms with Crippen LogP contribution >= 0.6 is 0 Å². The number of hydrogen-bond donors (Lipinski definition) is 2. The fraction of sp³-hybridized carbons (Fsp3) is 0.467. The standard InChI is InChI=1S/C15H21NO5/c1-14(2,3)21-13(19)15(16,9-12(17)18)10-6-5-7-11(8-10)20-4/h5-8H,9,16H2,1-4H3,(H,17,18)/t15-/m0/s1. The second-order valence-electron chi connectivity index (χ2n) is 5.78. The highest BCUT2D eigenvalue weighted by molar-refractivity contribution is 5.88. The van der Waals surface area contributed by atoms with Crippen LogP contribution in [0.25, 0.3) is 0 Å². The average Bonchev–Trinajstić information content (AvgIpc) is 2.35. The summed E-state index contributed by atoms with van der Waals surface area (Å²) in [5.74, 6) is -1.49. The highest BCUT2D eigenvalue weighted by atomic mass is 16.6. The van der Waals surface area contributed by atoms with Gasteiger partial charge in [0, 0.05) is 0 Å². The number of rotatable bonds is 5. The maximum Gasteiger partial charge on any atom is 0.331 e. The second-order valence-corrected chi connectivity index (χ2v) is 5.78. The van der Waals surface area contributed by atoms with Crippen LogP contribution < -0.4 is 10.5 Å². The summed E-state index contributed by atoms with van der Waals surface area (Å²) < 4.78 is 10.3.